The van der Waals surface area contributed by atoms with Crippen LogP contribution in [0.4, 0.5) is 0 Å². The number of carbonyl (C=O) groups excluding carboxylic acids is 1. The van der Waals surface area contributed by atoms with Crippen LogP contribution in [0.1, 0.15) is 48.9 Å². The molecule has 0 atom stereocenters. The van der Waals surface area contributed by atoms with Gasteiger partial charge in [0.15, 0.2) is 0 Å². The lowest BCUT2D eigenvalue weighted by Gasteiger charge is -2.20. The van der Waals surface area contributed by atoms with Crippen LogP contribution in [0.15, 0.2) is 4.79 Å². The van der Waals surface area contributed by atoms with Crippen molar-refractivity contribution < 1.29 is 4.79 Å². The van der Waals surface area contributed by atoms with Crippen LogP contribution in [-0.2, 0) is 24.1 Å². The van der Waals surface area contributed by atoms with Crippen molar-refractivity contribution in [1.29, 1.82) is 0 Å². The standard InChI is InChI=1S/C17H26N4O2.ClH/c1-21(10-4-9-18-12-7-8-12)16(22)11-15-13-5-2-3-6-14(13)17(23)20-19-15;/h12,18H,2-11H2,1H3,(H,20,23);1H. The molecule has 0 unspecified atom stereocenters. The summed E-state index contributed by atoms with van der Waals surface area (Å²) >= 11 is 0. The average Bonchev–Trinajstić information content (AvgIpc) is 3.38. The number of aromatic nitrogens is 2. The topological polar surface area (TPSA) is 78.1 Å². The minimum absolute atomic E-state index is 0. The Balaban J connectivity index is 0.00000208. The first-order chi connectivity index (χ1) is 11.1. The van der Waals surface area contributed by atoms with Gasteiger partial charge in [0, 0.05) is 25.2 Å². The summed E-state index contributed by atoms with van der Waals surface area (Å²) in [5, 5.41) is 10.2. The normalized spacial score (nSPS) is 16.2. The number of nitrogens with zero attached hydrogens (tertiary/aromatic N) is 2. The molecule has 6 nitrogen and oxygen atoms in total. The van der Waals surface area contributed by atoms with Gasteiger partial charge in [0.05, 0.1) is 12.1 Å². The Morgan fingerprint density at radius 1 is 1.29 bits per heavy atom. The molecule has 0 saturated heterocycles. The molecule has 1 amide bonds. The van der Waals surface area contributed by atoms with Gasteiger partial charge < -0.3 is 10.2 Å². The molecule has 7 heteroatoms. The van der Waals surface area contributed by atoms with Crippen LogP contribution in [0.2, 0.25) is 0 Å². The van der Waals surface area contributed by atoms with Crippen LogP contribution in [-0.4, -0.2) is 47.2 Å². The molecule has 24 heavy (non-hydrogen) atoms. The third-order valence-electron chi connectivity index (χ3n) is 4.81. The third-order valence-corrected chi connectivity index (χ3v) is 4.81. The van der Waals surface area contributed by atoms with Crippen molar-refractivity contribution in [3.8, 4) is 0 Å². The molecule has 0 spiro atoms. The van der Waals surface area contributed by atoms with E-state index in [9.17, 15) is 9.59 Å². The number of halogens is 1. The predicted octanol–water partition coefficient (Wildman–Crippen LogP) is 1.21. The molecular weight excluding hydrogens is 328 g/mol. The summed E-state index contributed by atoms with van der Waals surface area (Å²) in [7, 11) is 1.84. The number of aromatic amines is 1. The number of hydrogen-bond donors (Lipinski definition) is 2. The van der Waals surface area contributed by atoms with Crippen molar-refractivity contribution in [3.05, 3.63) is 27.2 Å². The minimum Gasteiger partial charge on any atom is -0.345 e. The summed E-state index contributed by atoms with van der Waals surface area (Å²) < 4.78 is 0. The highest BCUT2D eigenvalue weighted by Crippen LogP contribution is 2.20. The van der Waals surface area contributed by atoms with Gasteiger partial charge in [-0.05, 0) is 57.1 Å². The van der Waals surface area contributed by atoms with E-state index >= 15 is 0 Å². The maximum atomic E-state index is 12.4. The van der Waals surface area contributed by atoms with E-state index < -0.39 is 0 Å². The highest BCUT2D eigenvalue weighted by Gasteiger charge is 2.21. The van der Waals surface area contributed by atoms with E-state index in [1.165, 1.54) is 12.8 Å². The SMILES string of the molecule is CN(CCCNC1CC1)C(=O)Cc1n[nH]c(=O)c2c1CCCC2.Cl. The number of hydrogen-bond acceptors (Lipinski definition) is 4. The molecule has 0 bridgehead atoms. The fourth-order valence-electron chi connectivity index (χ4n) is 3.19. The van der Waals surface area contributed by atoms with E-state index in [0.717, 1.165) is 62.0 Å². The van der Waals surface area contributed by atoms with Crippen molar-refractivity contribution in [2.45, 2.75) is 57.4 Å². The van der Waals surface area contributed by atoms with Crippen LogP contribution in [0.25, 0.3) is 0 Å². The molecule has 1 aromatic rings. The quantitative estimate of drug-likeness (QED) is 0.721. The molecule has 1 fully saturated rings. The summed E-state index contributed by atoms with van der Waals surface area (Å²) in [5.74, 6) is 0.0729. The average molecular weight is 355 g/mol. The van der Waals surface area contributed by atoms with E-state index in [-0.39, 0.29) is 30.3 Å². The number of nitrogens with one attached hydrogen (secondary N) is 2. The van der Waals surface area contributed by atoms with Gasteiger partial charge >= 0.3 is 0 Å². The molecule has 0 radical (unpaired) electrons. The predicted molar refractivity (Wildman–Crippen MR) is 95.7 cm³/mol. The lowest BCUT2D eigenvalue weighted by molar-refractivity contribution is -0.129. The van der Waals surface area contributed by atoms with Gasteiger partial charge in [-0.1, -0.05) is 0 Å². The van der Waals surface area contributed by atoms with Crippen LogP contribution >= 0.6 is 12.4 Å². The number of amides is 1. The first kappa shape index (κ1) is 18.9. The summed E-state index contributed by atoms with van der Waals surface area (Å²) in [6.45, 7) is 1.72. The number of likely N-dealkylation sites (N-methyl/N-ethyl adjacent to an activating group) is 1. The zero-order valence-corrected chi connectivity index (χ0v) is 15.1. The highest BCUT2D eigenvalue weighted by atomic mass is 35.5. The number of fused-ring (bicyclic) bond motifs is 1. The number of carbonyl (C=O) groups is 1. The molecule has 2 aliphatic carbocycles. The van der Waals surface area contributed by atoms with Gasteiger partial charge in [-0.3, -0.25) is 9.59 Å². The Bertz CT molecular complexity index is 628. The van der Waals surface area contributed by atoms with E-state index in [1.54, 1.807) is 4.90 Å². The molecule has 134 valence electrons. The zero-order valence-electron chi connectivity index (χ0n) is 14.3. The minimum atomic E-state index is -0.0876. The Morgan fingerprint density at radius 3 is 2.71 bits per heavy atom. The Labute approximate surface area is 148 Å². The van der Waals surface area contributed by atoms with Crippen molar-refractivity contribution in [3.63, 3.8) is 0 Å². The van der Waals surface area contributed by atoms with Crippen molar-refractivity contribution >= 4 is 18.3 Å². The smallest absolute Gasteiger partial charge is 0.267 e. The molecule has 1 aromatic heterocycles. The summed E-state index contributed by atoms with van der Waals surface area (Å²) in [5.41, 5.74) is 2.52. The highest BCUT2D eigenvalue weighted by molar-refractivity contribution is 5.85. The van der Waals surface area contributed by atoms with Crippen molar-refractivity contribution in [1.82, 2.24) is 20.4 Å². The maximum Gasteiger partial charge on any atom is 0.267 e. The first-order valence-corrected chi connectivity index (χ1v) is 8.72. The van der Waals surface area contributed by atoms with Gasteiger partial charge in [-0.25, -0.2) is 5.10 Å². The van der Waals surface area contributed by atoms with Crippen LogP contribution < -0.4 is 10.9 Å². The third kappa shape index (κ3) is 4.80. The van der Waals surface area contributed by atoms with Gasteiger partial charge in [0.2, 0.25) is 5.91 Å². The number of H-pyrrole nitrogens is 1. The second-order valence-electron chi connectivity index (χ2n) is 6.74. The fraction of sp³-hybridized carbons (Fsp3) is 0.706. The van der Waals surface area contributed by atoms with Crippen LogP contribution in [0.5, 0.6) is 0 Å². The molecular formula is C17H27ClN4O2. The van der Waals surface area contributed by atoms with E-state index in [4.69, 9.17) is 0 Å². The molecule has 0 aliphatic heterocycles. The maximum absolute atomic E-state index is 12.4. The molecule has 2 N–H and O–H groups in total. The van der Waals surface area contributed by atoms with E-state index in [2.05, 4.69) is 15.5 Å². The molecule has 1 heterocycles. The van der Waals surface area contributed by atoms with E-state index in [1.807, 2.05) is 7.05 Å². The lowest BCUT2D eigenvalue weighted by atomic mass is 9.91. The molecule has 2 aliphatic rings. The van der Waals surface area contributed by atoms with Crippen molar-refractivity contribution in [2.75, 3.05) is 20.1 Å². The summed E-state index contributed by atoms with van der Waals surface area (Å²) in [6.07, 6.45) is 7.61. The largest absolute Gasteiger partial charge is 0.345 e. The molecule has 0 aromatic carbocycles. The summed E-state index contributed by atoms with van der Waals surface area (Å²) in [4.78, 5) is 26.0. The van der Waals surface area contributed by atoms with Gasteiger partial charge in [-0.15, -0.1) is 12.4 Å². The number of rotatable bonds is 7. The Hall–Kier alpha value is -1.40. The monoisotopic (exact) mass is 354 g/mol. The lowest BCUT2D eigenvalue weighted by Crippen LogP contribution is -2.33. The van der Waals surface area contributed by atoms with Crippen LogP contribution in [0, 0.1) is 0 Å². The first-order valence-electron chi connectivity index (χ1n) is 8.72. The van der Waals surface area contributed by atoms with E-state index in [0.29, 0.717) is 6.04 Å². The molecule has 3 rings (SSSR count). The Morgan fingerprint density at radius 2 is 2.00 bits per heavy atom. The zero-order chi connectivity index (χ0) is 16.2. The second kappa shape index (κ2) is 8.62. The van der Waals surface area contributed by atoms with Crippen molar-refractivity contribution in [2.24, 2.45) is 0 Å². The van der Waals surface area contributed by atoms with Crippen LogP contribution in [0.3, 0.4) is 0 Å². The second-order valence-corrected chi connectivity index (χ2v) is 6.74. The summed E-state index contributed by atoms with van der Waals surface area (Å²) in [6, 6.07) is 0.716. The van der Waals surface area contributed by atoms with Gasteiger partial charge in [0.1, 0.15) is 0 Å². The van der Waals surface area contributed by atoms with Gasteiger partial charge in [0.25, 0.3) is 5.56 Å². The molecule has 1 saturated carbocycles. The van der Waals surface area contributed by atoms with Gasteiger partial charge in [-0.2, -0.15) is 5.10 Å². The fourth-order valence-corrected chi connectivity index (χ4v) is 3.19. The Kier molecular flexibility index (Phi) is 6.80.